The highest BCUT2D eigenvalue weighted by Crippen LogP contribution is 2.22. The topological polar surface area (TPSA) is 59.1 Å². The number of aromatic nitrogens is 2. The van der Waals surface area contributed by atoms with Crippen LogP contribution in [0.4, 0.5) is 11.8 Å². The van der Waals surface area contributed by atoms with Gasteiger partial charge in [0.05, 0.1) is 7.11 Å². The molecule has 1 aliphatic carbocycles. The normalized spacial score (nSPS) is 14.6. The van der Waals surface area contributed by atoms with Crippen molar-refractivity contribution in [3.8, 4) is 5.75 Å². The Hall–Kier alpha value is -2.30. The van der Waals surface area contributed by atoms with E-state index < -0.39 is 0 Å². The highest BCUT2D eigenvalue weighted by atomic mass is 16.5. The standard InChI is InChI=1S/C19H26N4O/c1-14-12-18(22-16-7-3-4-8-16)23-19(21-14)20-11-10-15-6-5-9-17(13-15)24-2/h5-6,9,12-13,16H,3-4,7-8,10-11H2,1-2H3,(H2,20,21,22,23). The first kappa shape index (κ1) is 16.6. The van der Waals surface area contributed by atoms with E-state index in [1.807, 2.05) is 25.1 Å². The molecule has 128 valence electrons. The summed E-state index contributed by atoms with van der Waals surface area (Å²) in [5, 5.41) is 6.87. The molecule has 5 nitrogen and oxygen atoms in total. The molecule has 0 saturated heterocycles. The molecule has 1 heterocycles. The van der Waals surface area contributed by atoms with Gasteiger partial charge in [-0.25, -0.2) is 4.98 Å². The molecular weight excluding hydrogens is 300 g/mol. The molecule has 0 spiro atoms. The Morgan fingerprint density at radius 1 is 1.17 bits per heavy atom. The van der Waals surface area contributed by atoms with Gasteiger partial charge < -0.3 is 15.4 Å². The predicted octanol–water partition coefficient (Wildman–Crippen LogP) is 3.80. The molecule has 1 saturated carbocycles. The Kier molecular flexibility index (Phi) is 5.51. The summed E-state index contributed by atoms with van der Waals surface area (Å²) in [7, 11) is 1.69. The number of nitrogens with one attached hydrogen (secondary N) is 2. The van der Waals surface area contributed by atoms with Gasteiger partial charge in [0, 0.05) is 24.3 Å². The van der Waals surface area contributed by atoms with Gasteiger partial charge in [-0.1, -0.05) is 25.0 Å². The van der Waals surface area contributed by atoms with E-state index >= 15 is 0 Å². The van der Waals surface area contributed by atoms with Gasteiger partial charge in [0.1, 0.15) is 11.6 Å². The second-order valence-electron chi connectivity index (χ2n) is 6.37. The molecule has 0 amide bonds. The van der Waals surface area contributed by atoms with Crippen molar-refractivity contribution < 1.29 is 4.74 Å². The zero-order valence-electron chi connectivity index (χ0n) is 14.5. The smallest absolute Gasteiger partial charge is 0.224 e. The lowest BCUT2D eigenvalue weighted by molar-refractivity contribution is 0.414. The van der Waals surface area contributed by atoms with Gasteiger partial charge in [0.15, 0.2) is 0 Å². The molecule has 1 aromatic carbocycles. The minimum atomic E-state index is 0.559. The maximum atomic E-state index is 5.26. The van der Waals surface area contributed by atoms with E-state index in [2.05, 4.69) is 32.7 Å². The maximum Gasteiger partial charge on any atom is 0.224 e. The van der Waals surface area contributed by atoms with E-state index in [-0.39, 0.29) is 0 Å². The van der Waals surface area contributed by atoms with Crippen molar-refractivity contribution in [2.24, 2.45) is 0 Å². The molecule has 3 rings (SSSR count). The number of aryl methyl sites for hydroxylation is 1. The molecule has 1 fully saturated rings. The lowest BCUT2D eigenvalue weighted by Gasteiger charge is -2.14. The van der Waals surface area contributed by atoms with Gasteiger partial charge in [-0.05, 0) is 43.9 Å². The fourth-order valence-corrected chi connectivity index (χ4v) is 3.15. The van der Waals surface area contributed by atoms with Gasteiger partial charge in [0.2, 0.25) is 5.95 Å². The first-order valence-electron chi connectivity index (χ1n) is 8.72. The van der Waals surface area contributed by atoms with Gasteiger partial charge >= 0.3 is 0 Å². The lowest BCUT2D eigenvalue weighted by Crippen LogP contribution is -2.17. The summed E-state index contributed by atoms with van der Waals surface area (Å²) in [6, 6.07) is 10.7. The van der Waals surface area contributed by atoms with Gasteiger partial charge in [-0.3, -0.25) is 0 Å². The highest BCUT2D eigenvalue weighted by Gasteiger charge is 2.15. The van der Waals surface area contributed by atoms with Crippen LogP contribution in [0.5, 0.6) is 5.75 Å². The van der Waals surface area contributed by atoms with E-state index in [0.717, 1.165) is 30.2 Å². The molecule has 0 unspecified atom stereocenters. The Morgan fingerprint density at radius 3 is 2.79 bits per heavy atom. The first-order valence-corrected chi connectivity index (χ1v) is 8.72. The van der Waals surface area contributed by atoms with Crippen molar-refractivity contribution in [3.63, 3.8) is 0 Å². The fraction of sp³-hybridized carbons (Fsp3) is 0.474. The average Bonchev–Trinajstić information content (AvgIpc) is 3.07. The molecule has 5 heteroatoms. The lowest BCUT2D eigenvalue weighted by atomic mass is 10.1. The van der Waals surface area contributed by atoms with E-state index in [4.69, 9.17) is 4.74 Å². The van der Waals surface area contributed by atoms with Crippen molar-refractivity contribution >= 4 is 11.8 Å². The summed E-state index contributed by atoms with van der Waals surface area (Å²) in [6.07, 6.45) is 6.00. The third kappa shape index (κ3) is 4.60. The Morgan fingerprint density at radius 2 is 2.00 bits per heavy atom. The number of anilines is 2. The Labute approximate surface area is 143 Å². The van der Waals surface area contributed by atoms with E-state index in [1.54, 1.807) is 7.11 Å². The van der Waals surface area contributed by atoms with Crippen molar-refractivity contribution in [2.45, 2.75) is 45.1 Å². The van der Waals surface area contributed by atoms with Gasteiger partial charge in [-0.2, -0.15) is 4.98 Å². The summed E-state index contributed by atoms with van der Waals surface area (Å²) in [5.74, 6) is 2.51. The molecule has 24 heavy (non-hydrogen) atoms. The SMILES string of the molecule is COc1cccc(CCNc2nc(C)cc(NC3CCCC3)n2)c1. The van der Waals surface area contributed by atoms with Crippen molar-refractivity contribution in [1.29, 1.82) is 0 Å². The highest BCUT2D eigenvalue weighted by molar-refractivity contribution is 5.43. The number of benzene rings is 1. The van der Waals surface area contributed by atoms with Crippen molar-refractivity contribution in [1.82, 2.24) is 9.97 Å². The molecule has 0 aliphatic heterocycles. The molecule has 0 radical (unpaired) electrons. The minimum absolute atomic E-state index is 0.559. The van der Waals surface area contributed by atoms with Crippen LogP contribution in [0.1, 0.15) is 36.9 Å². The zero-order chi connectivity index (χ0) is 16.8. The number of nitrogens with zero attached hydrogens (tertiary/aromatic N) is 2. The van der Waals surface area contributed by atoms with Crippen LogP contribution >= 0.6 is 0 Å². The van der Waals surface area contributed by atoms with Gasteiger partial charge in [0.25, 0.3) is 0 Å². The summed E-state index contributed by atoms with van der Waals surface area (Å²) < 4.78 is 5.26. The van der Waals surface area contributed by atoms with Crippen LogP contribution in [0.25, 0.3) is 0 Å². The molecule has 1 aromatic heterocycles. The van der Waals surface area contributed by atoms with Crippen LogP contribution in [0.2, 0.25) is 0 Å². The molecule has 1 aliphatic rings. The Balaban J connectivity index is 1.56. The van der Waals surface area contributed by atoms with Crippen LogP contribution in [0, 0.1) is 6.92 Å². The minimum Gasteiger partial charge on any atom is -0.497 e. The average molecular weight is 326 g/mol. The van der Waals surface area contributed by atoms with E-state index in [1.165, 1.54) is 31.2 Å². The quantitative estimate of drug-likeness (QED) is 0.810. The summed E-state index contributed by atoms with van der Waals surface area (Å²) in [4.78, 5) is 9.09. The number of ether oxygens (including phenoxy) is 1. The number of methoxy groups -OCH3 is 1. The monoisotopic (exact) mass is 326 g/mol. The van der Waals surface area contributed by atoms with Gasteiger partial charge in [-0.15, -0.1) is 0 Å². The second kappa shape index (κ2) is 7.99. The second-order valence-corrected chi connectivity index (χ2v) is 6.37. The Bertz CT molecular complexity index is 668. The van der Waals surface area contributed by atoms with Crippen LogP contribution in [-0.4, -0.2) is 29.7 Å². The summed E-state index contributed by atoms with van der Waals surface area (Å²) >= 11 is 0. The van der Waals surface area contributed by atoms with E-state index in [0.29, 0.717) is 12.0 Å². The van der Waals surface area contributed by atoms with Crippen molar-refractivity contribution in [3.05, 3.63) is 41.6 Å². The largest absolute Gasteiger partial charge is 0.497 e. The summed E-state index contributed by atoms with van der Waals surface area (Å²) in [5.41, 5.74) is 2.22. The first-order chi connectivity index (χ1) is 11.7. The molecule has 2 N–H and O–H groups in total. The van der Waals surface area contributed by atoms with Crippen LogP contribution in [-0.2, 0) is 6.42 Å². The van der Waals surface area contributed by atoms with E-state index in [9.17, 15) is 0 Å². The fourth-order valence-electron chi connectivity index (χ4n) is 3.15. The van der Waals surface area contributed by atoms with Crippen molar-refractivity contribution in [2.75, 3.05) is 24.3 Å². The van der Waals surface area contributed by atoms with Crippen LogP contribution in [0.3, 0.4) is 0 Å². The van der Waals surface area contributed by atoms with Crippen LogP contribution in [0.15, 0.2) is 30.3 Å². The molecule has 2 aromatic rings. The maximum absolute atomic E-state index is 5.26. The third-order valence-corrected chi connectivity index (χ3v) is 4.39. The molecule has 0 bridgehead atoms. The van der Waals surface area contributed by atoms with Crippen LogP contribution < -0.4 is 15.4 Å². The molecular formula is C19H26N4O. The summed E-state index contributed by atoms with van der Waals surface area (Å²) in [6.45, 7) is 2.80. The number of hydrogen-bond donors (Lipinski definition) is 2. The third-order valence-electron chi connectivity index (χ3n) is 4.39. The zero-order valence-corrected chi connectivity index (χ0v) is 14.5. The molecule has 0 atom stereocenters. The predicted molar refractivity (Wildman–Crippen MR) is 97.8 cm³/mol. The number of hydrogen-bond acceptors (Lipinski definition) is 5. The number of rotatable bonds is 7.